The maximum absolute atomic E-state index is 12.5. The van der Waals surface area contributed by atoms with Crippen LogP contribution in [0.25, 0.3) is 0 Å². The zero-order chi connectivity index (χ0) is 13.1. The van der Waals surface area contributed by atoms with E-state index in [1.165, 1.54) is 7.11 Å². The minimum Gasteiger partial charge on any atom is -0.467 e. The third-order valence-corrected chi connectivity index (χ3v) is 3.94. The van der Waals surface area contributed by atoms with E-state index in [-0.39, 0.29) is 29.9 Å². The quantitative estimate of drug-likeness (QED) is 0.705. The summed E-state index contributed by atoms with van der Waals surface area (Å²) in [7, 11) is 1.37. The first-order valence-electron chi connectivity index (χ1n) is 6.69. The van der Waals surface area contributed by atoms with Gasteiger partial charge in [-0.05, 0) is 25.7 Å². The standard InChI is InChI=1S/C13H21NO4/c1-3-11-9(6-8-18-11)12(15)14-7-4-5-10(14)13(16)17-2/h9-11H,3-8H2,1-2H3. The van der Waals surface area contributed by atoms with Crippen molar-refractivity contribution in [2.75, 3.05) is 20.3 Å². The SMILES string of the molecule is CCC1OCCC1C(=O)N1CCCC1C(=O)OC. The number of ether oxygens (including phenoxy) is 2. The second kappa shape index (κ2) is 5.69. The van der Waals surface area contributed by atoms with Crippen LogP contribution < -0.4 is 0 Å². The normalized spacial score (nSPS) is 31.7. The van der Waals surface area contributed by atoms with Crippen LogP contribution in [0.5, 0.6) is 0 Å². The summed E-state index contributed by atoms with van der Waals surface area (Å²) in [4.78, 5) is 25.8. The van der Waals surface area contributed by atoms with Gasteiger partial charge in [0, 0.05) is 13.2 Å². The van der Waals surface area contributed by atoms with Crippen molar-refractivity contribution in [1.29, 1.82) is 0 Å². The lowest BCUT2D eigenvalue weighted by Gasteiger charge is -2.27. The van der Waals surface area contributed by atoms with E-state index in [0.29, 0.717) is 19.6 Å². The van der Waals surface area contributed by atoms with Crippen LogP contribution in [0, 0.1) is 5.92 Å². The Labute approximate surface area is 107 Å². The first kappa shape index (κ1) is 13.3. The summed E-state index contributed by atoms with van der Waals surface area (Å²) < 4.78 is 10.3. The van der Waals surface area contributed by atoms with Gasteiger partial charge in [-0.3, -0.25) is 4.79 Å². The number of likely N-dealkylation sites (tertiary alicyclic amines) is 1. The molecule has 0 bridgehead atoms. The molecule has 2 aliphatic heterocycles. The highest BCUT2D eigenvalue weighted by molar-refractivity contribution is 5.86. The fraction of sp³-hybridized carbons (Fsp3) is 0.846. The predicted octanol–water partition coefficient (Wildman–Crippen LogP) is 0.965. The van der Waals surface area contributed by atoms with E-state index in [4.69, 9.17) is 9.47 Å². The zero-order valence-electron chi connectivity index (χ0n) is 11.1. The van der Waals surface area contributed by atoms with Gasteiger partial charge < -0.3 is 14.4 Å². The number of rotatable bonds is 3. The first-order chi connectivity index (χ1) is 8.69. The van der Waals surface area contributed by atoms with Crippen LogP contribution in [-0.2, 0) is 19.1 Å². The molecule has 2 aliphatic rings. The molecule has 18 heavy (non-hydrogen) atoms. The molecule has 5 nitrogen and oxygen atoms in total. The average molecular weight is 255 g/mol. The molecule has 3 unspecified atom stereocenters. The van der Waals surface area contributed by atoms with Gasteiger partial charge in [-0.1, -0.05) is 6.92 Å². The van der Waals surface area contributed by atoms with E-state index in [9.17, 15) is 9.59 Å². The minimum absolute atomic E-state index is 0.0106. The van der Waals surface area contributed by atoms with E-state index < -0.39 is 0 Å². The third-order valence-electron chi connectivity index (χ3n) is 3.94. The van der Waals surface area contributed by atoms with Crippen LogP contribution in [0.3, 0.4) is 0 Å². The Bertz CT molecular complexity index is 331. The van der Waals surface area contributed by atoms with Crippen molar-refractivity contribution in [1.82, 2.24) is 4.90 Å². The Balaban J connectivity index is 2.05. The number of carbonyl (C=O) groups excluding carboxylic acids is 2. The lowest BCUT2D eigenvalue weighted by molar-refractivity contribution is -0.153. The summed E-state index contributed by atoms with van der Waals surface area (Å²) in [5.74, 6) is -0.319. The van der Waals surface area contributed by atoms with Crippen LogP contribution >= 0.6 is 0 Å². The van der Waals surface area contributed by atoms with Crippen LogP contribution in [-0.4, -0.2) is 49.2 Å². The summed E-state index contributed by atoms with van der Waals surface area (Å²) in [6.07, 6.45) is 3.20. The lowest BCUT2D eigenvalue weighted by Crippen LogP contribution is -2.45. The van der Waals surface area contributed by atoms with Crippen LogP contribution in [0.4, 0.5) is 0 Å². The smallest absolute Gasteiger partial charge is 0.328 e. The molecule has 0 N–H and O–H groups in total. The lowest BCUT2D eigenvalue weighted by atomic mass is 9.97. The largest absolute Gasteiger partial charge is 0.467 e. The van der Waals surface area contributed by atoms with Crippen molar-refractivity contribution in [3.63, 3.8) is 0 Å². The predicted molar refractivity (Wildman–Crippen MR) is 64.9 cm³/mol. The number of hydrogen-bond acceptors (Lipinski definition) is 4. The molecule has 2 saturated heterocycles. The van der Waals surface area contributed by atoms with Gasteiger partial charge >= 0.3 is 5.97 Å². The van der Waals surface area contributed by atoms with Gasteiger partial charge in [0.25, 0.3) is 0 Å². The molecule has 0 aromatic rings. The van der Waals surface area contributed by atoms with Gasteiger partial charge in [0.15, 0.2) is 0 Å². The van der Waals surface area contributed by atoms with Gasteiger partial charge in [-0.25, -0.2) is 4.79 Å². The monoisotopic (exact) mass is 255 g/mol. The maximum atomic E-state index is 12.5. The van der Waals surface area contributed by atoms with Crippen molar-refractivity contribution in [3.8, 4) is 0 Å². The van der Waals surface area contributed by atoms with E-state index in [2.05, 4.69) is 0 Å². The highest BCUT2D eigenvalue weighted by Crippen LogP contribution is 2.29. The van der Waals surface area contributed by atoms with Gasteiger partial charge in [-0.2, -0.15) is 0 Å². The summed E-state index contributed by atoms with van der Waals surface area (Å²) in [6.45, 7) is 3.33. The molecule has 2 fully saturated rings. The van der Waals surface area contributed by atoms with E-state index in [0.717, 1.165) is 19.3 Å². The van der Waals surface area contributed by atoms with Crippen LogP contribution in [0.2, 0.25) is 0 Å². The highest BCUT2D eigenvalue weighted by Gasteiger charge is 2.41. The molecule has 0 spiro atoms. The van der Waals surface area contributed by atoms with Crippen LogP contribution in [0.15, 0.2) is 0 Å². The molecular formula is C13H21NO4. The zero-order valence-corrected chi connectivity index (χ0v) is 11.1. The van der Waals surface area contributed by atoms with Crippen molar-refractivity contribution in [2.45, 2.75) is 44.8 Å². The number of esters is 1. The molecule has 0 aliphatic carbocycles. The van der Waals surface area contributed by atoms with Crippen molar-refractivity contribution in [3.05, 3.63) is 0 Å². The Morgan fingerprint density at radius 2 is 2.17 bits per heavy atom. The number of nitrogens with zero attached hydrogens (tertiary/aromatic N) is 1. The molecule has 2 rings (SSSR count). The Kier molecular flexibility index (Phi) is 4.22. The molecule has 0 aromatic carbocycles. The van der Waals surface area contributed by atoms with Crippen molar-refractivity contribution < 1.29 is 19.1 Å². The van der Waals surface area contributed by atoms with Crippen LogP contribution in [0.1, 0.15) is 32.6 Å². The number of amides is 1. The maximum Gasteiger partial charge on any atom is 0.328 e. The first-order valence-corrected chi connectivity index (χ1v) is 6.69. The summed E-state index contributed by atoms with van der Waals surface area (Å²) in [5, 5.41) is 0. The topological polar surface area (TPSA) is 55.8 Å². The number of hydrogen-bond donors (Lipinski definition) is 0. The Hall–Kier alpha value is -1.10. The molecule has 0 aromatic heterocycles. The van der Waals surface area contributed by atoms with Gasteiger partial charge in [0.2, 0.25) is 5.91 Å². The third kappa shape index (κ3) is 2.36. The number of methoxy groups -OCH3 is 1. The fourth-order valence-electron chi connectivity index (χ4n) is 2.96. The van der Waals surface area contributed by atoms with E-state index in [1.54, 1.807) is 4.90 Å². The van der Waals surface area contributed by atoms with Gasteiger partial charge in [0.1, 0.15) is 6.04 Å². The summed E-state index contributed by atoms with van der Waals surface area (Å²) >= 11 is 0. The Morgan fingerprint density at radius 1 is 1.39 bits per heavy atom. The molecule has 0 radical (unpaired) electrons. The molecule has 0 saturated carbocycles. The molecule has 2 heterocycles. The average Bonchev–Trinajstić information content (AvgIpc) is 3.04. The second-order valence-electron chi connectivity index (χ2n) is 4.93. The van der Waals surface area contributed by atoms with Crippen molar-refractivity contribution >= 4 is 11.9 Å². The summed E-state index contributed by atoms with van der Waals surface area (Å²) in [5.41, 5.74) is 0. The minimum atomic E-state index is -0.388. The number of carbonyl (C=O) groups is 2. The van der Waals surface area contributed by atoms with Gasteiger partial charge in [0.05, 0.1) is 19.1 Å². The molecule has 102 valence electrons. The van der Waals surface area contributed by atoms with E-state index >= 15 is 0 Å². The van der Waals surface area contributed by atoms with E-state index in [1.807, 2.05) is 6.92 Å². The molecule has 5 heteroatoms. The summed E-state index contributed by atoms with van der Waals surface area (Å²) in [6, 6.07) is -0.388. The Morgan fingerprint density at radius 3 is 2.83 bits per heavy atom. The molecule has 1 amide bonds. The van der Waals surface area contributed by atoms with Gasteiger partial charge in [-0.15, -0.1) is 0 Å². The molecular weight excluding hydrogens is 234 g/mol. The molecule has 3 atom stereocenters. The second-order valence-corrected chi connectivity index (χ2v) is 4.93. The highest BCUT2D eigenvalue weighted by atomic mass is 16.5. The van der Waals surface area contributed by atoms with Crippen molar-refractivity contribution in [2.24, 2.45) is 5.92 Å². The fourth-order valence-corrected chi connectivity index (χ4v) is 2.96.